The molecule has 1 heteroatoms. The maximum atomic E-state index is 3.70. The van der Waals surface area contributed by atoms with Crippen molar-refractivity contribution in [2.75, 3.05) is 26.2 Å². The second-order valence-corrected chi connectivity index (χ2v) is 4.01. The van der Waals surface area contributed by atoms with Crippen molar-refractivity contribution in [1.82, 2.24) is 0 Å². The van der Waals surface area contributed by atoms with Crippen LogP contribution in [0.25, 0.3) is 0 Å². The van der Waals surface area contributed by atoms with Crippen LogP contribution in [0, 0.1) is 0 Å². The van der Waals surface area contributed by atoms with E-state index in [2.05, 4.69) is 25.7 Å². The van der Waals surface area contributed by atoms with Crippen molar-refractivity contribution in [2.45, 2.75) is 26.2 Å². The smallest absolute Gasteiger partial charge is 0.0976 e. The maximum absolute atomic E-state index is 3.70. The highest BCUT2D eigenvalue weighted by Gasteiger charge is 2.25. The topological polar surface area (TPSA) is 0 Å². The van der Waals surface area contributed by atoms with Crippen LogP contribution in [0.15, 0.2) is 24.8 Å². The van der Waals surface area contributed by atoms with Gasteiger partial charge in [0.25, 0.3) is 0 Å². The van der Waals surface area contributed by atoms with Crippen LogP contribution < -0.4 is 0 Å². The lowest BCUT2D eigenvalue weighted by Crippen LogP contribution is -2.51. The Kier molecular flexibility index (Phi) is 4.23. The molecule has 1 aliphatic heterocycles. The highest BCUT2D eigenvalue weighted by Crippen LogP contribution is 2.18. The minimum Gasteiger partial charge on any atom is -0.321 e. The van der Waals surface area contributed by atoms with Gasteiger partial charge in [-0.1, -0.05) is 18.7 Å². The summed E-state index contributed by atoms with van der Waals surface area (Å²) in [4.78, 5) is 0. The first-order valence-corrected chi connectivity index (χ1v) is 5.46. The quantitative estimate of drug-likeness (QED) is 0.461. The molecule has 0 aromatic rings. The second kappa shape index (κ2) is 5.23. The Morgan fingerprint density at radius 3 is 2.46 bits per heavy atom. The van der Waals surface area contributed by atoms with Crippen molar-refractivity contribution in [1.29, 1.82) is 0 Å². The zero-order valence-corrected chi connectivity index (χ0v) is 8.84. The van der Waals surface area contributed by atoms with Crippen LogP contribution in [0.4, 0.5) is 0 Å². The lowest BCUT2D eigenvalue weighted by atomic mass is 10.1. The van der Waals surface area contributed by atoms with Gasteiger partial charge in [-0.2, -0.15) is 0 Å². The van der Waals surface area contributed by atoms with E-state index in [0.717, 1.165) is 0 Å². The van der Waals surface area contributed by atoms with E-state index in [9.17, 15) is 0 Å². The van der Waals surface area contributed by atoms with Crippen molar-refractivity contribution in [3.05, 3.63) is 24.8 Å². The van der Waals surface area contributed by atoms with Crippen LogP contribution in [-0.4, -0.2) is 30.7 Å². The van der Waals surface area contributed by atoms with Gasteiger partial charge in [-0.3, -0.25) is 0 Å². The lowest BCUT2D eigenvalue weighted by Gasteiger charge is -2.40. The molecule has 0 N–H and O–H groups in total. The number of nitrogens with zero attached hydrogens (tertiary/aromatic N) is 1. The molecule has 0 bridgehead atoms. The zero-order chi connectivity index (χ0) is 9.57. The molecular weight excluding hydrogens is 158 g/mol. The van der Waals surface area contributed by atoms with Gasteiger partial charge in [0.1, 0.15) is 0 Å². The summed E-state index contributed by atoms with van der Waals surface area (Å²) >= 11 is 0. The van der Waals surface area contributed by atoms with Gasteiger partial charge in [-0.05, 0) is 32.3 Å². The summed E-state index contributed by atoms with van der Waals surface area (Å²) < 4.78 is 1.30. The Labute approximate surface area is 82.3 Å². The molecule has 0 unspecified atom stereocenters. The largest absolute Gasteiger partial charge is 0.321 e. The molecule has 0 aliphatic carbocycles. The lowest BCUT2D eigenvalue weighted by molar-refractivity contribution is -0.925. The fourth-order valence-corrected chi connectivity index (χ4v) is 2.19. The number of rotatable bonds is 4. The third-order valence-electron chi connectivity index (χ3n) is 3.20. The van der Waals surface area contributed by atoms with Crippen LogP contribution in [-0.2, 0) is 0 Å². The monoisotopic (exact) mass is 180 g/mol. The Morgan fingerprint density at radius 1 is 1.23 bits per heavy atom. The molecule has 74 valence electrons. The third-order valence-corrected chi connectivity index (χ3v) is 3.20. The van der Waals surface area contributed by atoms with Gasteiger partial charge in [0, 0.05) is 0 Å². The summed E-state index contributed by atoms with van der Waals surface area (Å²) in [5.41, 5.74) is 0. The van der Waals surface area contributed by atoms with Crippen molar-refractivity contribution in [2.24, 2.45) is 0 Å². The van der Waals surface area contributed by atoms with E-state index >= 15 is 0 Å². The molecule has 13 heavy (non-hydrogen) atoms. The first kappa shape index (κ1) is 10.5. The first-order chi connectivity index (χ1) is 6.33. The van der Waals surface area contributed by atoms with Crippen molar-refractivity contribution < 1.29 is 4.48 Å². The van der Waals surface area contributed by atoms with Crippen LogP contribution in [0.1, 0.15) is 26.2 Å². The molecule has 0 saturated carbocycles. The molecule has 1 nitrogen and oxygen atoms in total. The predicted molar refractivity (Wildman–Crippen MR) is 58.6 cm³/mol. The Balaban J connectivity index is 2.46. The highest BCUT2D eigenvalue weighted by molar-refractivity contribution is 4.97. The van der Waals surface area contributed by atoms with E-state index in [-0.39, 0.29) is 0 Å². The molecule has 0 atom stereocenters. The maximum Gasteiger partial charge on any atom is 0.0976 e. The van der Waals surface area contributed by atoms with E-state index in [1.54, 1.807) is 0 Å². The average molecular weight is 180 g/mol. The van der Waals surface area contributed by atoms with Gasteiger partial charge in [0.15, 0.2) is 0 Å². The van der Waals surface area contributed by atoms with Gasteiger partial charge in [0.2, 0.25) is 0 Å². The van der Waals surface area contributed by atoms with E-state index in [1.807, 2.05) is 6.08 Å². The Morgan fingerprint density at radius 2 is 1.92 bits per heavy atom. The van der Waals surface area contributed by atoms with Crippen molar-refractivity contribution in [3.8, 4) is 0 Å². The van der Waals surface area contributed by atoms with Crippen LogP contribution in [0.5, 0.6) is 0 Å². The number of likely N-dealkylation sites (tertiary alicyclic amines) is 1. The van der Waals surface area contributed by atoms with Crippen LogP contribution in [0.2, 0.25) is 0 Å². The number of likely N-dealkylation sites (N-methyl/N-ethyl adjacent to an activating group) is 1. The Hall–Kier alpha value is -0.560. The molecule has 0 aromatic carbocycles. The van der Waals surface area contributed by atoms with Gasteiger partial charge >= 0.3 is 0 Å². The molecule has 1 rings (SSSR count). The molecule has 1 saturated heterocycles. The normalized spacial score (nSPS) is 21.9. The van der Waals surface area contributed by atoms with Crippen LogP contribution in [0.3, 0.4) is 0 Å². The molecule has 0 aromatic heterocycles. The molecule has 1 fully saturated rings. The SMILES string of the molecule is C=CC=CC[N+]1(CC)CCCCC1. The summed E-state index contributed by atoms with van der Waals surface area (Å²) in [6, 6.07) is 0. The number of hydrogen-bond acceptors (Lipinski definition) is 0. The summed E-state index contributed by atoms with van der Waals surface area (Å²) in [5.74, 6) is 0. The highest BCUT2D eigenvalue weighted by atomic mass is 15.3. The number of hydrogen-bond donors (Lipinski definition) is 0. The summed E-state index contributed by atoms with van der Waals surface area (Å²) in [5, 5.41) is 0. The van der Waals surface area contributed by atoms with Gasteiger partial charge in [0.05, 0.1) is 26.2 Å². The van der Waals surface area contributed by atoms with E-state index < -0.39 is 0 Å². The van der Waals surface area contributed by atoms with Gasteiger partial charge in [-0.15, -0.1) is 0 Å². The summed E-state index contributed by atoms with van der Waals surface area (Å²) in [6.45, 7) is 11.2. The fourth-order valence-electron chi connectivity index (χ4n) is 2.19. The fraction of sp³-hybridized carbons (Fsp3) is 0.667. The van der Waals surface area contributed by atoms with Gasteiger partial charge in [-0.25, -0.2) is 0 Å². The van der Waals surface area contributed by atoms with E-state index in [0.29, 0.717) is 0 Å². The zero-order valence-electron chi connectivity index (χ0n) is 8.84. The molecule has 0 amide bonds. The minimum absolute atomic E-state index is 1.20. The Bertz CT molecular complexity index is 176. The van der Waals surface area contributed by atoms with Crippen molar-refractivity contribution >= 4 is 0 Å². The predicted octanol–water partition coefficient (Wildman–Crippen LogP) is 2.75. The molecule has 0 spiro atoms. The number of allylic oxidation sites excluding steroid dienone is 2. The van der Waals surface area contributed by atoms with Gasteiger partial charge < -0.3 is 4.48 Å². The third kappa shape index (κ3) is 3.00. The van der Waals surface area contributed by atoms with E-state index in [4.69, 9.17) is 0 Å². The first-order valence-electron chi connectivity index (χ1n) is 5.46. The summed E-state index contributed by atoms with van der Waals surface area (Å²) in [6.07, 6.45) is 10.5. The average Bonchev–Trinajstić information content (AvgIpc) is 2.20. The second-order valence-electron chi connectivity index (χ2n) is 4.01. The van der Waals surface area contributed by atoms with Crippen molar-refractivity contribution in [3.63, 3.8) is 0 Å². The minimum atomic E-state index is 1.20. The molecule has 1 heterocycles. The standard InChI is InChI=1S/C12H22N/c1-3-5-7-10-13(4-2)11-8-6-9-12-13/h3,5,7H,1,4,6,8-12H2,2H3/q+1. The summed E-state index contributed by atoms with van der Waals surface area (Å²) in [7, 11) is 0. The molecule has 0 radical (unpaired) electrons. The van der Waals surface area contributed by atoms with E-state index in [1.165, 1.54) is 49.9 Å². The molecule has 1 aliphatic rings. The van der Waals surface area contributed by atoms with Crippen LogP contribution >= 0.6 is 0 Å². The molecular formula is C12H22N+. The number of piperidine rings is 1. The number of quaternary nitrogens is 1.